The normalized spacial score (nSPS) is 13.9. The number of carbonyl (C=O) groups excluding carboxylic acids is 1. The lowest BCUT2D eigenvalue weighted by Gasteiger charge is -2.12. The van der Waals surface area contributed by atoms with E-state index < -0.39 is 4.92 Å². The Labute approximate surface area is 208 Å². The summed E-state index contributed by atoms with van der Waals surface area (Å²) in [6.45, 7) is 0. The van der Waals surface area contributed by atoms with Crippen molar-refractivity contribution in [3.63, 3.8) is 0 Å². The molecular weight excluding hydrogens is 603 g/mol. The molecule has 4 aromatic rings. The van der Waals surface area contributed by atoms with Crippen molar-refractivity contribution in [1.82, 2.24) is 9.55 Å². The van der Waals surface area contributed by atoms with E-state index >= 15 is 0 Å². The van der Waals surface area contributed by atoms with Crippen LogP contribution in [0.25, 0.3) is 28.2 Å². The van der Waals surface area contributed by atoms with Crippen LogP contribution in [0.2, 0.25) is 0 Å². The zero-order valence-corrected chi connectivity index (χ0v) is 20.3. The minimum absolute atomic E-state index is 0.0936. The van der Waals surface area contributed by atoms with Gasteiger partial charge in [-0.25, -0.2) is 4.98 Å². The third-order valence-electron chi connectivity index (χ3n) is 5.21. The number of hydrogen-bond acceptors (Lipinski definition) is 5. The number of nitro benzene ring substituents is 1. The summed E-state index contributed by atoms with van der Waals surface area (Å²) in [5.74, 6) is -0.0733. The standard InChI is InChI=1S/C23H12BrIN4O4/c24-12-1-7-19-16(9-12)17(22(30)27-19)11-21-26-20-8-2-13(25)10-18(20)23(31)28(21)14-3-5-15(6-4-14)29(32)33/h1-11H,(H,27,30). The molecule has 0 saturated carbocycles. The molecule has 0 radical (unpaired) electrons. The molecule has 2 heterocycles. The SMILES string of the molecule is O=C1Nc2ccc(Br)cc2C1=Cc1nc2ccc(I)cc2c(=O)n1-c1ccc([N+](=O)[O-])cc1. The largest absolute Gasteiger partial charge is 0.321 e. The number of anilines is 1. The highest BCUT2D eigenvalue weighted by Gasteiger charge is 2.25. The van der Waals surface area contributed by atoms with Gasteiger partial charge in [-0.1, -0.05) is 15.9 Å². The van der Waals surface area contributed by atoms with E-state index in [-0.39, 0.29) is 23.0 Å². The molecule has 0 spiro atoms. The summed E-state index contributed by atoms with van der Waals surface area (Å²) in [7, 11) is 0. The van der Waals surface area contributed by atoms with Crippen LogP contribution in [0.15, 0.2) is 69.9 Å². The maximum atomic E-state index is 13.5. The average molecular weight is 615 g/mol. The summed E-state index contributed by atoms with van der Waals surface area (Å²) in [5, 5.41) is 14.3. The van der Waals surface area contributed by atoms with E-state index in [0.29, 0.717) is 33.4 Å². The number of halogens is 2. The number of aromatic nitrogens is 2. The van der Waals surface area contributed by atoms with Gasteiger partial charge in [0, 0.05) is 31.4 Å². The number of hydrogen-bond donors (Lipinski definition) is 1. The van der Waals surface area contributed by atoms with Gasteiger partial charge in [0.1, 0.15) is 5.82 Å². The molecular formula is C23H12BrIN4O4. The van der Waals surface area contributed by atoms with Crippen molar-refractivity contribution >= 4 is 78.4 Å². The Hall–Kier alpha value is -3.38. The third kappa shape index (κ3) is 3.85. The first-order chi connectivity index (χ1) is 15.8. The average Bonchev–Trinajstić information content (AvgIpc) is 3.09. The first-order valence-electron chi connectivity index (χ1n) is 9.62. The van der Waals surface area contributed by atoms with Crippen LogP contribution >= 0.6 is 38.5 Å². The number of amides is 1. The van der Waals surface area contributed by atoms with Crippen LogP contribution in [0.1, 0.15) is 11.4 Å². The Morgan fingerprint density at radius 3 is 2.55 bits per heavy atom. The van der Waals surface area contributed by atoms with Crippen LogP contribution in [0.3, 0.4) is 0 Å². The molecule has 10 heteroatoms. The van der Waals surface area contributed by atoms with Gasteiger partial charge in [0.15, 0.2) is 0 Å². The van der Waals surface area contributed by atoms with Crippen molar-refractivity contribution in [3.05, 3.63) is 101 Å². The van der Waals surface area contributed by atoms with E-state index in [1.165, 1.54) is 28.8 Å². The Morgan fingerprint density at radius 1 is 1.06 bits per heavy atom. The van der Waals surface area contributed by atoms with Gasteiger partial charge < -0.3 is 5.32 Å². The molecule has 0 unspecified atom stereocenters. The molecule has 1 amide bonds. The van der Waals surface area contributed by atoms with Crippen molar-refractivity contribution in [2.24, 2.45) is 0 Å². The van der Waals surface area contributed by atoms with Crippen LogP contribution in [-0.2, 0) is 4.79 Å². The number of fused-ring (bicyclic) bond motifs is 2. The molecule has 0 saturated heterocycles. The predicted octanol–water partition coefficient (Wildman–Crippen LogP) is 5.15. The first-order valence-corrected chi connectivity index (χ1v) is 11.5. The van der Waals surface area contributed by atoms with Gasteiger partial charge in [0.25, 0.3) is 17.2 Å². The highest BCUT2D eigenvalue weighted by Crippen LogP contribution is 2.35. The fourth-order valence-corrected chi connectivity index (χ4v) is 4.53. The third-order valence-corrected chi connectivity index (χ3v) is 6.38. The molecule has 1 N–H and O–H groups in total. The maximum absolute atomic E-state index is 13.5. The molecule has 0 aliphatic carbocycles. The lowest BCUT2D eigenvalue weighted by atomic mass is 10.1. The van der Waals surface area contributed by atoms with Gasteiger partial charge in [-0.05, 0) is 77.2 Å². The summed E-state index contributed by atoms with van der Waals surface area (Å²) in [6, 6.07) is 16.4. The van der Waals surface area contributed by atoms with Gasteiger partial charge in [0.05, 0.1) is 27.1 Å². The maximum Gasteiger partial charge on any atom is 0.269 e. The van der Waals surface area contributed by atoms with Crippen LogP contribution < -0.4 is 10.9 Å². The lowest BCUT2D eigenvalue weighted by Crippen LogP contribution is -2.22. The molecule has 0 bridgehead atoms. The molecule has 0 atom stereocenters. The zero-order chi connectivity index (χ0) is 23.3. The van der Waals surface area contributed by atoms with Crippen LogP contribution in [0.4, 0.5) is 11.4 Å². The molecule has 33 heavy (non-hydrogen) atoms. The Kier molecular flexibility index (Phi) is 5.33. The quantitative estimate of drug-likeness (QED) is 0.149. The number of nitro groups is 1. The summed E-state index contributed by atoms with van der Waals surface area (Å²) in [5.41, 5.74) is 2.15. The monoisotopic (exact) mass is 614 g/mol. The van der Waals surface area contributed by atoms with Crippen molar-refractivity contribution in [3.8, 4) is 5.69 Å². The second-order valence-corrected chi connectivity index (χ2v) is 9.41. The van der Waals surface area contributed by atoms with E-state index in [1.54, 1.807) is 24.3 Å². The summed E-state index contributed by atoms with van der Waals surface area (Å²) < 4.78 is 3.03. The first kappa shape index (κ1) is 21.5. The highest BCUT2D eigenvalue weighted by atomic mass is 127. The van der Waals surface area contributed by atoms with Gasteiger partial charge in [0.2, 0.25) is 0 Å². The Bertz CT molecular complexity index is 1580. The van der Waals surface area contributed by atoms with Crippen molar-refractivity contribution in [1.29, 1.82) is 0 Å². The van der Waals surface area contributed by atoms with Gasteiger partial charge in [-0.2, -0.15) is 0 Å². The van der Waals surface area contributed by atoms with E-state index in [2.05, 4.69) is 48.8 Å². The van der Waals surface area contributed by atoms with Crippen LogP contribution in [0.5, 0.6) is 0 Å². The van der Waals surface area contributed by atoms with Crippen molar-refractivity contribution in [2.45, 2.75) is 0 Å². The Balaban J connectivity index is 1.80. The molecule has 5 rings (SSSR count). The molecule has 8 nitrogen and oxygen atoms in total. The molecule has 0 fully saturated rings. The molecule has 3 aromatic carbocycles. The number of carbonyl (C=O) groups is 1. The van der Waals surface area contributed by atoms with E-state index in [9.17, 15) is 19.7 Å². The predicted molar refractivity (Wildman–Crippen MR) is 137 cm³/mol. The minimum atomic E-state index is -0.506. The number of nitrogens with one attached hydrogen (secondary N) is 1. The van der Waals surface area contributed by atoms with E-state index in [4.69, 9.17) is 0 Å². The highest BCUT2D eigenvalue weighted by molar-refractivity contribution is 14.1. The minimum Gasteiger partial charge on any atom is -0.321 e. The number of non-ortho nitro benzene ring substituents is 1. The Morgan fingerprint density at radius 2 is 1.82 bits per heavy atom. The van der Waals surface area contributed by atoms with Crippen LogP contribution in [-0.4, -0.2) is 20.4 Å². The van der Waals surface area contributed by atoms with Gasteiger partial charge in [-0.3, -0.25) is 24.3 Å². The number of rotatable bonds is 3. The van der Waals surface area contributed by atoms with Crippen molar-refractivity contribution < 1.29 is 9.72 Å². The van der Waals surface area contributed by atoms with E-state index in [0.717, 1.165) is 8.04 Å². The van der Waals surface area contributed by atoms with Crippen molar-refractivity contribution in [2.75, 3.05) is 5.32 Å². The van der Waals surface area contributed by atoms with Gasteiger partial charge in [-0.15, -0.1) is 0 Å². The molecule has 1 aromatic heterocycles. The smallest absolute Gasteiger partial charge is 0.269 e. The van der Waals surface area contributed by atoms with Crippen LogP contribution in [0, 0.1) is 13.7 Å². The lowest BCUT2D eigenvalue weighted by molar-refractivity contribution is -0.384. The van der Waals surface area contributed by atoms with E-state index in [1.807, 2.05) is 18.2 Å². The second kappa shape index (κ2) is 8.19. The molecule has 1 aliphatic rings. The molecule has 162 valence electrons. The summed E-state index contributed by atoms with van der Waals surface area (Å²) in [6.07, 6.45) is 1.56. The fraction of sp³-hybridized carbons (Fsp3) is 0. The number of nitrogens with zero attached hydrogens (tertiary/aromatic N) is 3. The second-order valence-electron chi connectivity index (χ2n) is 7.25. The fourth-order valence-electron chi connectivity index (χ4n) is 3.68. The summed E-state index contributed by atoms with van der Waals surface area (Å²) in [4.78, 5) is 41.5. The zero-order valence-electron chi connectivity index (χ0n) is 16.6. The number of benzene rings is 3. The summed E-state index contributed by atoms with van der Waals surface area (Å²) >= 11 is 5.54. The molecule has 1 aliphatic heterocycles. The van der Waals surface area contributed by atoms with Gasteiger partial charge >= 0.3 is 0 Å². The topological polar surface area (TPSA) is 107 Å².